The Hall–Kier alpha value is -5.45. The molecule has 0 saturated carbocycles. The van der Waals surface area contributed by atoms with Gasteiger partial charge < -0.3 is 25.4 Å². The molecule has 0 bridgehead atoms. The highest BCUT2D eigenvalue weighted by molar-refractivity contribution is 6.03. The van der Waals surface area contributed by atoms with E-state index in [2.05, 4.69) is 36.0 Å². The van der Waals surface area contributed by atoms with E-state index in [9.17, 15) is 4.79 Å². The molecule has 0 fully saturated rings. The highest BCUT2D eigenvalue weighted by atomic mass is 16.5. The van der Waals surface area contributed by atoms with Crippen LogP contribution in [0, 0.1) is 6.92 Å². The molecule has 40 heavy (non-hydrogen) atoms. The number of aromatic nitrogens is 5. The van der Waals surface area contributed by atoms with Gasteiger partial charge in [0.05, 0.1) is 19.9 Å². The van der Waals surface area contributed by atoms with E-state index in [4.69, 9.17) is 9.47 Å². The molecule has 0 unspecified atom stereocenters. The van der Waals surface area contributed by atoms with Crippen LogP contribution in [-0.4, -0.2) is 44.9 Å². The van der Waals surface area contributed by atoms with E-state index in [-0.39, 0.29) is 5.91 Å². The van der Waals surface area contributed by atoms with Crippen molar-refractivity contribution in [2.75, 3.05) is 30.2 Å². The van der Waals surface area contributed by atoms with Gasteiger partial charge in [0.25, 0.3) is 5.91 Å². The number of carbonyl (C=O) groups excluding carboxylic acids is 1. The predicted molar refractivity (Wildman–Crippen MR) is 154 cm³/mol. The smallest absolute Gasteiger partial charge is 0.273 e. The number of nitrogens with zero attached hydrogens (tertiary/aromatic N) is 5. The minimum atomic E-state index is -0.291. The van der Waals surface area contributed by atoms with Gasteiger partial charge in [-0.2, -0.15) is 5.10 Å². The Balaban J connectivity index is 1.27. The van der Waals surface area contributed by atoms with Crippen molar-refractivity contribution in [3.05, 3.63) is 90.5 Å². The monoisotopic (exact) mass is 536 g/mol. The first kappa shape index (κ1) is 26.2. The summed E-state index contributed by atoms with van der Waals surface area (Å²) in [5.74, 6) is 3.55. The Labute approximate surface area is 231 Å². The van der Waals surface area contributed by atoms with Crippen molar-refractivity contribution in [3.63, 3.8) is 0 Å². The molecule has 2 aromatic carbocycles. The molecule has 5 rings (SSSR count). The Morgan fingerprint density at radius 2 is 1.57 bits per heavy atom. The lowest BCUT2D eigenvalue weighted by atomic mass is 10.1. The van der Waals surface area contributed by atoms with Crippen molar-refractivity contribution < 1.29 is 14.3 Å². The van der Waals surface area contributed by atoms with Crippen molar-refractivity contribution in [2.45, 2.75) is 6.92 Å². The summed E-state index contributed by atoms with van der Waals surface area (Å²) in [6.45, 7) is 1.82. The minimum absolute atomic E-state index is 0.291. The Morgan fingerprint density at radius 3 is 2.27 bits per heavy atom. The van der Waals surface area contributed by atoms with Gasteiger partial charge in [-0.1, -0.05) is 6.07 Å². The van der Waals surface area contributed by atoms with E-state index in [1.54, 1.807) is 51.7 Å². The van der Waals surface area contributed by atoms with Crippen molar-refractivity contribution in [3.8, 4) is 22.8 Å². The number of amides is 1. The Morgan fingerprint density at radius 1 is 0.825 bits per heavy atom. The molecule has 11 nitrogen and oxygen atoms in total. The largest absolute Gasteiger partial charge is 0.497 e. The fraction of sp³-hybridized carbons (Fsp3) is 0.138. The van der Waals surface area contributed by atoms with Crippen molar-refractivity contribution in [1.82, 2.24) is 24.7 Å². The quantitative estimate of drug-likeness (QED) is 0.229. The van der Waals surface area contributed by atoms with Gasteiger partial charge in [0.15, 0.2) is 0 Å². The highest BCUT2D eigenvalue weighted by Gasteiger charge is 2.18. The van der Waals surface area contributed by atoms with Gasteiger partial charge in [0, 0.05) is 36.2 Å². The van der Waals surface area contributed by atoms with E-state index in [1.807, 2.05) is 55.5 Å². The van der Waals surface area contributed by atoms with Crippen LogP contribution in [0.2, 0.25) is 0 Å². The van der Waals surface area contributed by atoms with Gasteiger partial charge in [0.1, 0.15) is 40.5 Å². The molecule has 3 heterocycles. The number of ether oxygens (including phenoxy) is 2. The number of hydrogen-bond donors (Lipinski definition) is 3. The van der Waals surface area contributed by atoms with E-state index in [1.165, 1.54) is 4.68 Å². The lowest BCUT2D eigenvalue weighted by Gasteiger charge is -2.11. The number of rotatable bonds is 9. The maximum Gasteiger partial charge on any atom is 0.273 e. The maximum atomic E-state index is 13.1. The number of carbonyl (C=O) groups is 1. The fourth-order valence-electron chi connectivity index (χ4n) is 4.07. The zero-order valence-electron chi connectivity index (χ0n) is 22.5. The lowest BCUT2D eigenvalue weighted by molar-refractivity contribution is 0.101. The van der Waals surface area contributed by atoms with E-state index >= 15 is 0 Å². The summed E-state index contributed by atoms with van der Waals surface area (Å²) in [5.41, 5.74) is 3.15. The van der Waals surface area contributed by atoms with Crippen LogP contribution in [0.4, 0.5) is 28.8 Å². The van der Waals surface area contributed by atoms with Crippen LogP contribution >= 0.6 is 0 Å². The third-order valence-electron chi connectivity index (χ3n) is 5.97. The van der Waals surface area contributed by atoms with Gasteiger partial charge in [-0.25, -0.2) is 15.0 Å². The molecule has 5 aromatic rings. The van der Waals surface area contributed by atoms with Crippen LogP contribution in [0.1, 0.15) is 16.3 Å². The number of methoxy groups -OCH3 is 2. The molecule has 11 heteroatoms. The van der Waals surface area contributed by atoms with Crippen LogP contribution in [0.15, 0.2) is 79.0 Å². The van der Waals surface area contributed by atoms with Crippen molar-refractivity contribution in [1.29, 1.82) is 0 Å². The van der Waals surface area contributed by atoms with Crippen LogP contribution < -0.4 is 25.4 Å². The summed E-state index contributed by atoms with van der Waals surface area (Å²) < 4.78 is 12.3. The second-order valence-electron chi connectivity index (χ2n) is 8.79. The molecule has 0 saturated heterocycles. The van der Waals surface area contributed by atoms with Gasteiger partial charge in [0.2, 0.25) is 0 Å². The van der Waals surface area contributed by atoms with Crippen LogP contribution in [0.3, 0.4) is 0 Å². The van der Waals surface area contributed by atoms with Crippen molar-refractivity contribution in [2.24, 2.45) is 7.05 Å². The molecule has 0 aliphatic rings. The first-order valence-corrected chi connectivity index (χ1v) is 12.4. The van der Waals surface area contributed by atoms with E-state index in [0.717, 1.165) is 11.3 Å². The molecule has 0 spiro atoms. The van der Waals surface area contributed by atoms with Gasteiger partial charge >= 0.3 is 0 Å². The normalized spacial score (nSPS) is 10.6. The molecule has 0 radical (unpaired) electrons. The third-order valence-corrected chi connectivity index (χ3v) is 5.97. The topological polar surface area (TPSA) is 128 Å². The number of hydrogen-bond acceptors (Lipinski definition) is 9. The van der Waals surface area contributed by atoms with Crippen LogP contribution in [0.25, 0.3) is 11.3 Å². The van der Waals surface area contributed by atoms with Crippen LogP contribution in [0.5, 0.6) is 11.5 Å². The molecular weight excluding hydrogens is 508 g/mol. The molecule has 0 aliphatic carbocycles. The first-order valence-electron chi connectivity index (χ1n) is 12.4. The molecule has 0 atom stereocenters. The van der Waals surface area contributed by atoms with E-state index < -0.39 is 0 Å². The number of pyridine rings is 1. The summed E-state index contributed by atoms with van der Waals surface area (Å²) in [7, 11) is 4.90. The SMILES string of the molecule is COc1ccc(OC)c(-c2cc(C(=O)Nc3ccc(Nc4cc(Nc5ccccn5)nc(C)n4)cc3)n(C)n2)c1. The number of anilines is 5. The predicted octanol–water partition coefficient (Wildman–Crippen LogP) is 5.34. The number of aryl methyl sites for hydroxylation is 2. The summed E-state index contributed by atoms with van der Waals surface area (Å²) in [6.07, 6.45) is 1.71. The second-order valence-corrected chi connectivity index (χ2v) is 8.79. The Kier molecular flexibility index (Phi) is 7.54. The number of nitrogens with one attached hydrogen (secondary N) is 3. The summed E-state index contributed by atoms with van der Waals surface area (Å²) >= 11 is 0. The summed E-state index contributed by atoms with van der Waals surface area (Å²) in [6, 6.07) is 21.9. The zero-order chi connectivity index (χ0) is 28.1. The molecule has 202 valence electrons. The summed E-state index contributed by atoms with van der Waals surface area (Å²) in [5, 5.41) is 13.9. The molecule has 0 aliphatic heterocycles. The fourth-order valence-corrected chi connectivity index (χ4v) is 4.07. The van der Waals surface area contributed by atoms with Crippen LogP contribution in [-0.2, 0) is 7.05 Å². The average molecular weight is 537 g/mol. The van der Waals surface area contributed by atoms with Gasteiger partial charge in [-0.05, 0) is 67.6 Å². The maximum absolute atomic E-state index is 13.1. The van der Waals surface area contributed by atoms with Gasteiger partial charge in [-0.3, -0.25) is 9.48 Å². The first-order chi connectivity index (χ1) is 19.4. The lowest BCUT2D eigenvalue weighted by Crippen LogP contribution is -2.16. The molecule has 3 aromatic heterocycles. The molecule has 1 amide bonds. The minimum Gasteiger partial charge on any atom is -0.497 e. The standard InChI is InChI=1S/C29H28N8O3/c1-18-31-27(17-28(32-18)35-26-7-5-6-14-30-26)33-19-8-10-20(11-9-19)34-29(38)24-16-23(36-37(24)2)22-15-21(39-3)12-13-25(22)40-4/h5-17H,1-4H3,(H,34,38)(H2,30,31,32,33,35). The second kappa shape index (κ2) is 11.5. The molecular formula is C29H28N8O3. The van der Waals surface area contributed by atoms with E-state index in [0.29, 0.717) is 51.9 Å². The zero-order valence-corrected chi connectivity index (χ0v) is 22.5. The summed E-state index contributed by atoms with van der Waals surface area (Å²) in [4.78, 5) is 26.2. The Bertz CT molecular complexity index is 1640. The number of benzene rings is 2. The van der Waals surface area contributed by atoms with Crippen molar-refractivity contribution >= 4 is 34.7 Å². The average Bonchev–Trinajstić information content (AvgIpc) is 3.35. The molecule has 3 N–H and O–H groups in total. The van der Waals surface area contributed by atoms with Gasteiger partial charge in [-0.15, -0.1) is 0 Å². The highest BCUT2D eigenvalue weighted by Crippen LogP contribution is 2.33. The third kappa shape index (κ3) is 5.99.